The van der Waals surface area contributed by atoms with Crippen LogP contribution in [0.3, 0.4) is 0 Å². The van der Waals surface area contributed by atoms with E-state index in [-0.39, 0.29) is 5.95 Å². The van der Waals surface area contributed by atoms with Gasteiger partial charge in [-0.1, -0.05) is 4.98 Å². The van der Waals surface area contributed by atoms with Gasteiger partial charge in [0.15, 0.2) is 9.90 Å². The predicted octanol–water partition coefficient (Wildman–Crippen LogP) is 0.922. The van der Waals surface area contributed by atoms with Gasteiger partial charge in [-0.25, -0.2) is 4.98 Å². The summed E-state index contributed by atoms with van der Waals surface area (Å²) >= 11 is 1.91. The van der Waals surface area contributed by atoms with E-state index in [1.54, 1.807) is 0 Å². The summed E-state index contributed by atoms with van der Waals surface area (Å²) in [6.07, 6.45) is 1.40. The molecule has 0 unspecified atom stereocenters. The highest BCUT2D eigenvalue weighted by molar-refractivity contribution is 14.1. The first kappa shape index (κ1) is 6.46. The second-order valence-electron chi connectivity index (χ2n) is 1.31. The number of hydrogen-bond donors (Lipinski definition) is 1. The van der Waals surface area contributed by atoms with E-state index in [2.05, 4.69) is 9.97 Å². The first-order valence-electron chi connectivity index (χ1n) is 2.05. The number of nitro groups is 1. The van der Waals surface area contributed by atoms with Gasteiger partial charge in [-0.15, -0.1) is 0 Å². The van der Waals surface area contributed by atoms with Gasteiger partial charge in [-0.05, 0) is 27.5 Å². The Labute approximate surface area is 63.8 Å². The number of nitrogens with one attached hydrogen (secondary N) is 1. The lowest BCUT2D eigenvalue weighted by Gasteiger charge is -1.84. The van der Waals surface area contributed by atoms with Gasteiger partial charge >= 0.3 is 5.95 Å². The van der Waals surface area contributed by atoms with Crippen LogP contribution in [0.2, 0.25) is 0 Å². The summed E-state index contributed by atoms with van der Waals surface area (Å²) in [5, 5.41) is 9.92. The van der Waals surface area contributed by atoms with Crippen molar-refractivity contribution in [3.05, 3.63) is 20.0 Å². The average molecular weight is 239 g/mol. The molecule has 1 heterocycles. The van der Waals surface area contributed by atoms with Gasteiger partial charge in [0.25, 0.3) is 0 Å². The molecule has 0 atom stereocenters. The van der Waals surface area contributed by atoms with Crippen molar-refractivity contribution in [2.24, 2.45) is 0 Å². The summed E-state index contributed by atoms with van der Waals surface area (Å²) in [5.74, 6) is -0.209. The van der Waals surface area contributed by atoms with E-state index in [1.807, 2.05) is 22.6 Å². The summed E-state index contributed by atoms with van der Waals surface area (Å²) in [6.45, 7) is 0. The normalized spacial score (nSPS) is 9.44. The van der Waals surface area contributed by atoms with Crippen molar-refractivity contribution in [1.82, 2.24) is 9.97 Å². The smallest absolute Gasteiger partial charge is 0.390 e. The summed E-state index contributed by atoms with van der Waals surface area (Å²) in [6, 6.07) is 0. The minimum absolute atomic E-state index is 0.209. The van der Waals surface area contributed by atoms with Gasteiger partial charge in [0, 0.05) is 0 Å². The summed E-state index contributed by atoms with van der Waals surface area (Å²) in [4.78, 5) is 15.3. The van der Waals surface area contributed by atoms with Crippen molar-refractivity contribution >= 4 is 28.5 Å². The van der Waals surface area contributed by atoms with Crippen LogP contribution in [0.15, 0.2) is 6.20 Å². The molecule has 0 radical (unpaired) electrons. The van der Waals surface area contributed by atoms with E-state index in [1.165, 1.54) is 6.20 Å². The van der Waals surface area contributed by atoms with E-state index in [4.69, 9.17) is 0 Å². The van der Waals surface area contributed by atoms with Crippen LogP contribution in [0.25, 0.3) is 0 Å². The standard InChI is InChI=1S/C3H2IN3O2/c4-2-1-5-3(6-2)7(8)9/h1H,(H,5,6). The van der Waals surface area contributed by atoms with Crippen LogP contribution < -0.4 is 0 Å². The van der Waals surface area contributed by atoms with Gasteiger partial charge in [0.1, 0.15) is 0 Å². The molecule has 0 spiro atoms. The van der Waals surface area contributed by atoms with Gasteiger partial charge in [-0.2, -0.15) is 0 Å². The minimum Gasteiger partial charge on any atom is -0.390 e. The third kappa shape index (κ3) is 1.37. The molecular formula is C3H2IN3O2. The zero-order valence-corrected chi connectivity index (χ0v) is 6.32. The number of aromatic nitrogens is 2. The van der Waals surface area contributed by atoms with E-state index >= 15 is 0 Å². The third-order valence-electron chi connectivity index (χ3n) is 0.704. The summed E-state index contributed by atoms with van der Waals surface area (Å²) in [7, 11) is 0. The predicted molar refractivity (Wildman–Crippen MR) is 38.0 cm³/mol. The first-order chi connectivity index (χ1) is 4.20. The second-order valence-corrected chi connectivity index (χ2v) is 2.47. The lowest BCUT2D eigenvalue weighted by atomic mass is 11.0. The number of H-pyrrole nitrogens is 1. The maximum atomic E-state index is 9.92. The Bertz CT molecular complexity index is 233. The molecule has 0 aliphatic carbocycles. The highest BCUT2D eigenvalue weighted by Gasteiger charge is 2.06. The topological polar surface area (TPSA) is 71.8 Å². The molecule has 6 heteroatoms. The maximum Gasteiger partial charge on any atom is 0.433 e. The van der Waals surface area contributed by atoms with Crippen LogP contribution in [0.4, 0.5) is 5.95 Å². The van der Waals surface area contributed by atoms with E-state index < -0.39 is 4.92 Å². The zero-order chi connectivity index (χ0) is 6.85. The van der Waals surface area contributed by atoms with Crippen molar-refractivity contribution in [2.45, 2.75) is 0 Å². The monoisotopic (exact) mass is 239 g/mol. The van der Waals surface area contributed by atoms with Crippen molar-refractivity contribution in [3.63, 3.8) is 0 Å². The van der Waals surface area contributed by atoms with Gasteiger partial charge in [-0.3, -0.25) is 0 Å². The summed E-state index contributed by atoms with van der Waals surface area (Å²) < 4.78 is 0.666. The molecular weight excluding hydrogens is 237 g/mol. The molecule has 0 aliphatic rings. The molecule has 48 valence electrons. The van der Waals surface area contributed by atoms with Crippen LogP contribution in [0, 0.1) is 13.8 Å². The Morgan fingerprint density at radius 2 is 2.56 bits per heavy atom. The molecule has 0 saturated carbocycles. The van der Waals surface area contributed by atoms with Gasteiger partial charge in [0.05, 0.1) is 0 Å². The van der Waals surface area contributed by atoms with Crippen molar-refractivity contribution in [1.29, 1.82) is 0 Å². The number of hydrogen-bond acceptors (Lipinski definition) is 3. The van der Waals surface area contributed by atoms with Crippen molar-refractivity contribution in [2.75, 3.05) is 0 Å². The van der Waals surface area contributed by atoms with Crippen molar-refractivity contribution < 1.29 is 4.92 Å². The molecule has 0 aromatic carbocycles. The Morgan fingerprint density at radius 1 is 1.89 bits per heavy atom. The zero-order valence-electron chi connectivity index (χ0n) is 4.17. The molecule has 1 rings (SSSR count). The Balaban J connectivity index is 2.98. The highest BCUT2D eigenvalue weighted by atomic mass is 127. The molecule has 0 saturated heterocycles. The lowest BCUT2D eigenvalue weighted by Crippen LogP contribution is -1.88. The molecule has 5 nitrogen and oxygen atoms in total. The Morgan fingerprint density at radius 3 is 2.78 bits per heavy atom. The van der Waals surface area contributed by atoms with Crippen LogP contribution in [0.5, 0.6) is 0 Å². The van der Waals surface area contributed by atoms with E-state index in [9.17, 15) is 10.1 Å². The molecule has 0 aliphatic heterocycles. The third-order valence-corrected chi connectivity index (χ3v) is 1.25. The fourth-order valence-corrected chi connectivity index (χ4v) is 0.762. The number of aromatic amines is 1. The fourth-order valence-electron chi connectivity index (χ4n) is 0.382. The second kappa shape index (κ2) is 2.29. The molecule has 0 amide bonds. The Kier molecular flexibility index (Phi) is 1.65. The number of halogens is 1. The molecule has 1 N–H and O–H groups in total. The quantitative estimate of drug-likeness (QED) is 0.450. The first-order valence-corrected chi connectivity index (χ1v) is 3.13. The van der Waals surface area contributed by atoms with Crippen LogP contribution in [-0.4, -0.2) is 14.9 Å². The largest absolute Gasteiger partial charge is 0.433 e. The minimum atomic E-state index is -0.567. The van der Waals surface area contributed by atoms with E-state index in [0.29, 0.717) is 3.70 Å². The van der Waals surface area contributed by atoms with Crippen LogP contribution in [-0.2, 0) is 0 Å². The van der Waals surface area contributed by atoms with Crippen molar-refractivity contribution in [3.8, 4) is 0 Å². The Hall–Kier alpha value is -0.660. The maximum absolute atomic E-state index is 9.92. The van der Waals surface area contributed by atoms with Gasteiger partial charge in [0.2, 0.25) is 0 Å². The SMILES string of the molecule is O=[N+]([O-])c1ncc(I)[nH]1. The average Bonchev–Trinajstić information content (AvgIpc) is 2.14. The lowest BCUT2D eigenvalue weighted by molar-refractivity contribution is -0.393. The highest BCUT2D eigenvalue weighted by Crippen LogP contribution is 2.05. The molecule has 0 bridgehead atoms. The summed E-state index contributed by atoms with van der Waals surface area (Å²) in [5.41, 5.74) is 0. The molecule has 9 heavy (non-hydrogen) atoms. The number of imidazole rings is 1. The molecule has 1 aromatic heterocycles. The number of rotatable bonds is 1. The number of nitrogens with zero attached hydrogens (tertiary/aromatic N) is 2. The fraction of sp³-hybridized carbons (Fsp3) is 0. The molecule has 1 aromatic rings. The molecule has 0 fully saturated rings. The van der Waals surface area contributed by atoms with Gasteiger partial charge < -0.3 is 10.1 Å². The van der Waals surface area contributed by atoms with Crippen LogP contribution in [0.1, 0.15) is 0 Å². The van der Waals surface area contributed by atoms with Crippen LogP contribution >= 0.6 is 22.6 Å². The van der Waals surface area contributed by atoms with E-state index in [0.717, 1.165) is 0 Å².